The van der Waals surface area contributed by atoms with Crippen LogP contribution in [0.25, 0.3) is 22.3 Å². The van der Waals surface area contributed by atoms with Gasteiger partial charge >= 0.3 is 0 Å². The van der Waals surface area contributed by atoms with Crippen LogP contribution in [0.1, 0.15) is 20.7 Å². The molecule has 0 aliphatic heterocycles. The molecule has 3 aromatic rings. The van der Waals surface area contributed by atoms with E-state index in [1.807, 2.05) is 0 Å². The molecule has 0 saturated carbocycles. The van der Waals surface area contributed by atoms with Crippen molar-refractivity contribution in [3.63, 3.8) is 0 Å². The van der Waals surface area contributed by atoms with Crippen molar-refractivity contribution < 1.29 is 18.0 Å². The molecular formula is C22H22N4O4S. The summed E-state index contributed by atoms with van der Waals surface area (Å²) in [7, 11) is -0.644. The van der Waals surface area contributed by atoms with Crippen molar-refractivity contribution in [2.75, 3.05) is 19.8 Å². The molecule has 0 aliphatic rings. The Kier molecular flexibility index (Phi) is 5.83. The number of nitrogen functional groups attached to an aromatic ring is 1. The lowest BCUT2D eigenvalue weighted by atomic mass is 9.94. The number of sulfonamides is 1. The normalized spacial score (nSPS) is 11.5. The maximum absolute atomic E-state index is 12.3. The second-order valence-electron chi connectivity index (χ2n) is 7.14. The molecule has 0 aromatic heterocycles. The molecule has 0 fully saturated rings. The zero-order chi connectivity index (χ0) is 22.9. The second-order valence-corrected chi connectivity index (χ2v) is 9.29. The highest BCUT2D eigenvalue weighted by Gasteiger charge is 2.17. The number of primary amides is 2. The molecule has 3 aromatic carbocycles. The predicted octanol–water partition coefficient (Wildman–Crippen LogP) is 2.05. The van der Waals surface area contributed by atoms with Crippen molar-refractivity contribution in [2.24, 2.45) is 11.5 Å². The second kappa shape index (κ2) is 8.21. The topological polar surface area (TPSA) is 150 Å². The van der Waals surface area contributed by atoms with Gasteiger partial charge in [-0.25, -0.2) is 12.7 Å². The lowest BCUT2D eigenvalue weighted by Gasteiger charge is -2.13. The minimum atomic E-state index is -3.56. The summed E-state index contributed by atoms with van der Waals surface area (Å²) in [6.45, 7) is 0. The van der Waals surface area contributed by atoms with Crippen molar-refractivity contribution >= 4 is 27.5 Å². The monoisotopic (exact) mass is 438 g/mol. The molecule has 0 unspecified atom stereocenters. The summed E-state index contributed by atoms with van der Waals surface area (Å²) in [6, 6.07) is 16.0. The number of nitrogens with zero attached hydrogens (tertiary/aromatic N) is 1. The summed E-state index contributed by atoms with van der Waals surface area (Å²) in [6.07, 6.45) is 0. The van der Waals surface area contributed by atoms with E-state index in [0.717, 1.165) is 4.31 Å². The Hall–Kier alpha value is -3.69. The number of carbonyl (C=O) groups excluding carboxylic acids is 2. The molecule has 9 heteroatoms. The van der Waals surface area contributed by atoms with E-state index in [0.29, 0.717) is 27.9 Å². The van der Waals surface area contributed by atoms with Crippen molar-refractivity contribution in [2.45, 2.75) is 4.90 Å². The van der Waals surface area contributed by atoms with E-state index in [2.05, 4.69) is 0 Å². The van der Waals surface area contributed by atoms with Crippen molar-refractivity contribution in [3.8, 4) is 22.3 Å². The summed E-state index contributed by atoms with van der Waals surface area (Å²) in [5, 5.41) is 0. The average molecular weight is 439 g/mol. The molecular weight excluding hydrogens is 416 g/mol. The van der Waals surface area contributed by atoms with Crippen molar-refractivity contribution in [3.05, 3.63) is 71.8 Å². The van der Waals surface area contributed by atoms with Crippen molar-refractivity contribution in [1.29, 1.82) is 0 Å². The van der Waals surface area contributed by atoms with Gasteiger partial charge in [0.1, 0.15) is 0 Å². The van der Waals surface area contributed by atoms with Gasteiger partial charge in [0.15, 0.2) is 0 Å². The van der Waals surface area contributed by atoms with Gasteiger partial charge in [-0.1, -0.05) is 18.2 Å². The first-order chi connectivity index (χ1) is 14.5. The Morgan fingerprint density at radius 3 is 1.84 bits per heavy atom. The summed E-state index contributed by atoms with van der Waals surface area (Å²) in [5.41, 5.74) is 20.3. The van der Waals surface area contributed by atoms with Gasteiger partial charge in [0.25, 0.3) is 0 Å². The fourth-order valence-corrected chi connectivity index (χ4v) is 4.00. The Morgan fingerprint density at radius 1 is 0.742 bits per heavy atom. The quantitative estimate of drug-likeness (QED) is 0.503. The zero-order valence-electron chi connectivity index (χ0n) is 17.0. The van der Waals surface area contributed by atoms with Crippen LogP contribution in [0, 0.1) is 0 Å². The maximum atomic E-state index is 12.3. The van der Waals surface area contributed by atoms with E-state index in [-0.39, 0.29) is 16.0 Å². The SMILES string of the molecule is CN(C)S(=O)(=O)c1ccc(-c2cc(C(N)=O)cc(-c3ccc(C(N)=O)cc3N)c2)cc1. The highest BCUT2D eigenvalue weighted by atomic mass is 32.2. The first-order valence-corrected chi connectivity index (χ1v) is 10.6. The van der Waals surface area contributed by atoms with Crippen molar-refractivity contribution in [1.82, 2.24) is 4.31 Å². The van der Waals surface area contributed by atoms with Gasteiger partial charge in [0, 0.05) is 36.5 Å². The Bertz CT molecular complexity index is 1280. The first-order valence-electron chi connectivity index (χ1n) is 9.18. The molecule has 0 heterocycles. The average Bonchev–Trinajstić information content (AvgIpc) is 2.73. The molecule has 160 valence electrons. The first kappa shape index (κ1) is 22.0. The Balaban J connectivity index is 2.12. The predicted molar refractivity (Wildman–Crippen MR) is 120 cm³/mol. The van der Waals surface area contributed by atoms with E-state index < -0.39 is 21.8 Å². The van der Waals surface area contributed by atoms with Crippen LogP contribution < -0.4 is 17.2 Å². The van der Waals surface area contributed by atoms with Gasteiger partial charge in [0.05, 0.1) is 4.90 Å². The lowest BCUT2D eigenvalue weighted by Crippen LogP contribution is -2.22. The highest BCUT2D eigenvalue weighted by Crippen LogP contribution is 2.32. The minimum Gasteiger partial charge on any atom is -0.398 e. The third-order valence-electron chi connectivity index (χ3n) is 4.83. The summed E-state index contributed by atoms with van der Waals surface area (Å²) in [5.74, 6) is -1.22. The standard InChI is InChI=1S/C22H22N4O4S/c1-26(2)31(29,30)18-6-3-13(4-7-18)15-9-16(11-17(10-15)22(25)28)19-8-5-14(21(24)27)12-20(19)23/h3-12H,23H2,1-2H3,(H2,24,27)(H2,25,28). The molecule has 8 nitrogen and oxygen atoms in total. The van der Waals surface area contributed by atoms with E-state index >= 15 is 0 Å². The molecule has 0 radical (unpaired) electrons. The molecule has 0 aliphatic carbocycles. The van der Waals surface area contributed by atoms with E-state index in [9.17, 15) is 18.0 Å². The van der Waals surface area contributed by atoms with Gasteiger partial charge in [-0.3, -0.25) is 9.59 Å². The number of benzene rings is 3. The smallest absolute Gasteiger partial charge is 0.248 e. The lowest BCUT2D eigenvalue weighted by molar-refractivity contribution is 0.0992. The fourth-order valence-electron chi connectivity index (χ4n) is 3.10. The summed E-state index contributed by atoms with van der Waals surface area (Å²) < 4.78 is 25.7. The maximum Gasteiger partial charge on any atom is 0.248 e. The third-order valence-corrected chi connectivity index (χ3v) is 6.66. The molecule has 0 bridgehead atoms. The fraction of sp³-hybridized carbons (Fsp3) is 0.0909. The molecule has 2 amide bonds. The van der Waals surface area contributed by atoms with Crippen LogP contribution in [0.15, 0.2) is 65.6 Å². The van der Waals surface area contributed by atoms with Crippen LogP contribution in [0.5, 0.6) is 0 Å². The van der Waals surface area contributed by atoms with Gasteiger partial charge in [-0.05, 0) is 59.2 Å². The van der Waals surface area contributed by atoms with Gasteiger partial charge < -0.3 is 17.2 Å². The number of hydrogen-bond donors (Lipinski definition) is 3. The van der Waals surface area contributed by atoms with Gasteiger partial charge in [0.2, 0.25) is 21.8 Å². The zero-order valence-corrected chi connectivity index (χ0v) is 17.8. The molecule has 31 heavy (non-hydrogen) atoms. The Labute approximate surface area is 180 Å². The van der Waals surface area contributed by atoms with Crippen LogP contribution >= 0.6 is 0 Å². The number of nitrogens with two attached hydrogens (primary N) is 3. The molecule has 0 spiro atoms. The third kappa shape index (κ3) is 4.42. The van der Waals surface area contributed by atoms with Crippen LogP contribution in [0.3, 0.4) is 0 Å². The van der Waals surface area contributed by atoms with E-state index in [4.69, 9.17) is 17.2 Å². The summed E-state index contributed by atoms with van der Waals surface area (Å²) >= 11 is 0. The number of amides is 2. The summed E-state index contributed by atoms with van der Waals surface area (Å²) in [4.78, 5) is 23.4. The van der Waals surface area contributed by atoms with Gasteiger partial charge in [-0.2, -0.15) is 0 Å². The van der Waals surface area contributed by atoms with E-state index in [1.54, 1.807) is 42.5 Å². The molecule has 3 rings (SSSR count). The highest BCUT2D eigenvalue weighted by molar-refractivity contribution is 7.89. The number of carbonyl (C=O) groups is 2. The van der Waals surface area contributed by atoms with Crippen LogP contribution in [0.2, 0.25) is 0 Å². The minimum absolute atomic E-state index is 0.152. The molecule has 0 atom stereocenters. The van der Waals surface area contributed by atoms with Crippen LogP contribution in [-0.2, 0) is 10.0 Å². The van der Waals surface area contributed by atoms with Crippen LogP contribution in [0.4, 0.5) is 5.69 Å². The largest absolute Gasteiger partial charge is 0.398 e. The van der Waals surface area contributed by atoms with E-state index in [1.165, 1.54) is 32.3 Å². The molecule has 6 N–H and O–H groups in total. The van der Waals surface area contributed by atoms with Crippen LogP contribution in [-0.4, -0.2) is 38.6 Å². The van der Waals surface area contributed by atoms with Gasteiger partial charge in [-0.15, -0.1) is 0 Å². The number of hydrogen-bond acceptors (Lipinski definition) is 5. The Morgan fingerprint density at radius 2 is 1.32 bits per heavy atom. The number of rotatable bonds is 6. The number of anilines is 1. The molecule has 0 saturated heterocycles.